The zero-order valence-corrected chi connectivity index (χ0v) is 19.3. The summed E-state index contributed by atoms with van der Waals surface area (Å²) in [4.78, 5) is 38.1. The van der Waals surface area contributed by atoms with Crippen molar-refractivity contribution in [1.29, 1.82) is 0 Å². The number of ether oxygens (including phenoxy) is 1. The summed E-state index contributed by atoms with van der Waals surface area (Å²) in [5.41, 5.74) is 2.07. The highest BCUT2D eigenvalue weighted by molar-refractivity contribution is 8.15. The van der Waals surface area contributed by atoms with E-state index < -0.39 is 10.8 Å². The molecule has 4 rings (SSSR count). The fourth-order valence-corrected chi connectivity index (χ4v) is 5.28. The molecule has 1 N–H and O–H groups in total. The largest absolute Gasteiger partial charge is 0.494 e. The van der Waals surface area contributed by atoms with Crippen molar-refractivity contribution in [2.24, 2.45) is 5.10 Å². The molecule has 0 radical (unpaired) electrons. The summed E-state index contributed by atoms with van der Waals surface area (Å²) in [6.45, 7) is 5.43. The molecule has 0 bridgehead atoms. The molecule has 0 aliphatic carbocycles. The predicted octanol–water partition coefficient (Wildman–Crippen LogP) is 3.44. The number of fused-ring (bicyclic) bond motifs is 2. The average Bonchev–Trinajstić information content (AvgIpc) is 3.22. The van der Waals surface area contributed by atoms with Gasteiger partial charge in [-0.15, -0.1) is 5.10 Å². The van der Waals surface area contributed by atoms with Crippen LogP contribution in [0.5, 0.6) is 5.75 Å². The Labute approximate surface area is 194 Å². The lowest BCUT2D eigenvalue weighted by Gasteiger charge is -2.29. The van der Waals surface area contributed by atoms with Gasteiger partial charge in [0.05, 0.1) is 18.8 Å². The number of hydrogen-bond acceptors (Lipinski definition) is 6. The molecule has 0 saturated heterocycles. The maximum atomic E-state index is 13.9. The molecule has 0 unspecified atom stereocenters. The Morgan fingerprint density at radius 1 is 1.19 bits per heavy atom. The van der Waals surface area contributed by atoms with Crippen LogP contribution in [-0.4, -0.2) is 34.5 Å². The van der Waals surface area contributed by atoms with Crippen LogP contribution in [0.15, 0.2) is 47.6 Å². The van der Waals surface area contributed by atoms with E-state index in [4.69, 9.17) is 16.3 Å². The van der Waals surface area contributed by atoms with E-state index in [0.29, 0.717) is 22.9 Å². The van der Waals surface area contributed by atoms with Gasteiger partial charge in [0.15, 0.2) is 5.17 Å². The van der Waals surface area contributed by atoms with E-state index in [1.165, 1.54) is 13.8 Å². The highest BCUT2D eigenvalue weighted by atomic mass is 35.5. The van der Waals surface area contributed by atoms with Crippen LogP contribution in [0.25, 0.3) is 0 Å². The molecule has 1 spiro atoms. The number of anilines is 1. The van der Waals surface area contributed by atoms with Crippen LogP contribution in [0.3, 0.4) is 0 Å². The van der Waals surface area contributed by atoms with Gasteiger partial charge in [0.25, 0.3) is 5.91 Å². The number of nitrogens with one attached hydrogen (secondary N) is 1. The molecule has 2 aromatic rings. The maximum Gasteiger partial charge on any atom is 0.271 e. The Balaban J connectivity index is 1.76. The maximum absolute atomic E-state index is 13.9. The van der Waals surface area contributed by atoms with Crippen molar-refractivity contribution in [3.05, 3.63) is 58.6 Å². The van der Waals surface area contributed by atoms with Gasteiger partial charge in [-0.05, 0) is 54.6 Å². The fourth-order valence-electron chi connectivity index (χ4n) is 3.78. The van der Waals surface area contributed by atoms with E-state index >= 15 is 0 Å². The van der Waals surface area contributed by atoms with Gasteiger partial charge in [0.1, 0.15) is 5.75 Å². The van der Waals surface area contributed by atoms with Crippen molar-refractivity contribution >= 4 is 51.9 Å². The van der Waals surface area contributed by atoms with Gasteiger partial charge < -0.3 is 15.0 Å². The predicted molar refractivity (Wildman–Crippen MR) is 123 cm³/mol. The monoisotopic (exact) mass is 472 g/mol. The average molecular weight is 473 g/mol. The Bertz CT molecular complexity index is 1140. The number of nitrogens with zero attached hydrogens (tertiary/aromatic N) is 3. The summed E-state index contributed by atoms with van der Waals surface area (Å²) in [5.74, 6) is -0.372. The molecule has 2 heterocycles. The summed E-state index contributed by atoms with van der Waals surface area (Å²) in [6.07, 6.45) is 0. The number of thioether (sulfide) groups is 1. The van der Waals surface area contributed by atoms with Gasteiger partial charge in [0.2, 0.25) is 16.7 Å². The minimum Gasteiger partial charge on any atom is -0.494 e. The van der Waals surface area contributed by atoms with Gasteiger partial charge >= 0.3 is 0 Å². The minimum atomic E-state index is -1.48. The summed E-state index contributed by atoms with van der Waals surface area (Å²) in [7, 11) is 0. The first-order chi connectivity index (χ1) is 15.3. The number of carbonyl (C=O) groups is 3. The number of carbonyl (C=O) groups excluding carboxylic acids is 3. The third kappa shape index (κ3) is 3.71. The van der Waals surface area contributed by atoms with E-state index in [2.05, 4.69) is 10.4 Å². The molecule has 0 saturated carbocycles. The SMILES string of the molecule is CCOc1ccc(CN2C(=O)[C@]3(SC(NC(C)=O)=NN3C(C)=O)c3cc(Cl)ccc32)cc1. The summed E-state index contributed by atoms with van der Waals surface area (Å²) in [6, 6.07) is 12.6. The molecule has 2 aliphatic rings. The molecule has 2 aromatic carbocycles. The second-order valence-corrected chi connectivity index (χ2v) is 8.91. The number of amides is 3. The van der Waals surface area contributed by atoms with Crippen molar-refractivity contribution in [2.75, 3.05) is 11.5 Å². The Morgan fingerprint density at radius 3 is 2.53 bits per heavy atom. The van der Waals surface area contributed by atoms with E-state index in [9.17, 15) is 14.4 Å². The van der Waals surface area contributed by atoms with Crippen LogP contribution in [0, 0.1) is 0 Å². The van der Waals surface area contributed by atoms with E-state index in [0.717, 1.165) is 28.1 Å². The normalized spacial score (nSPS) is 19.2. The van der Waals surface area contributed by atoms with Gasteiger partial charge in [-0.1, -0.05) is 23.7 Å². The fraction of sp³-hybridized carbons (Fsp3) is 0.273. The molecule has 2 aliphatic heterocycles. The second kappa shape index (κ2) is 8.48. The van der Waals surface area contributed by atoms with Crippen LogP contribution >= 0.6 is 23.4 Å². The molecule has 10 heteroatoms. The Hall–Kier alpha value is -3.04. The van der Waals surface area contributed by atoms with Crippen LogP contribution in [0.4, 0.5) is 5.69 Å². The second-order valence-electron chi connectivity index (χ2n) is 7.29. The Morgan fingerprint density at radius 2 is 1.91 bits per heavy atom. The lowest BCUT2D eigenvalue weighted by atomic mass is 10.1. The summed E-state index contributed by atoms with van der Waals surface area (Å²) < 4.78 is 5.49. The highest BCUT2D eigenvalue weighted by Crippen LogP contribution is 2.55. The van der Waals surface area contributed by atoms with Crippen molar-refractivity contribution in [2.45, 2.75) is 32.2 Å². The van der Waals surface area contributed by atoms with Gasteiger partial charge in [-0.3, -0.25) is 14.4 Å². The van der Waals surface area contributed by atoms with Crippen molar-refractivity contribution < 1.29 is 19.1 Å². The van der Waals surface area contributed by atoms with Crippen LogP contribution in [-0.2, 0) is 25.8 Å². The molecule has 1 atom stereocenters. The van der Waals surface area contributed by atoms with Gasteiger partial charge in [0, 0.05) is 24.4 Å². The first kappa shape index (κ1) is 22.2. The molecule has 0 fully saturated rings. The minimum absolute atomic E-state index is 0.176. The highest BCUT2D eigenvalue weighted by Gasteiger charge is 2.61. The third-order valence-electron chi connectivity index (χ3n) is 5.04. The summed E-state index contributed by atoms with van der Waals surface area (Å²) in [5, 5.41) is 8.56. The topological polar surface area (TPSA) is 91.3 Å². The van der Waals surface area contributed by atoms with E-state index in [-0.39, 0.29) is 23.5 Å². The molecule has 0 aromatic heterocycles. The number of benzene rings is 2. The zero-order chi connectivity index (χ0) is 23.0. The van der Waals surface area contributed by atoms with Gasteiger partial charge in [-0.2, -0.15) is 5.01 Å². The standard InChI is InChI=1S/C22H21ClN4O4S/c1-4-31-17-8-5-15(6-9-17)12-26-19-10-7-16(23)11-18(19)22(20(26)30)27(14(3)29)25-21(32-22)24-13(2)28/h5-11H,4,12H2,1-3H3,(H,24,25,28)/t22-/m1/s1. The van der Waals surface area contributed by atoms with E-state index in [1.54, 1.807) is 23.1 Å². The quantitative estimate of drug-likeness (QED) is 0.736. The first-order valence-electron chi connectivity index (χ1n) is 9.96. The molecular formula is C22H21ClN4O4S. The molecule has 32 heavy (non-hydrogen) atoms. The number of hydrazone groups is 1. The molecular weight excluding hydrogens is 452 g/mol. The number of amidine groups is 1. The molecule has 8 nitrogen and oxygen atoms in total. The molecule has 166 valence electrons. The van der Waals surface area contributed by atoms with E-state index in [1.807, 2.05) is 31.2 Å². The number of halogens is 1. The lowest BCUT2D eigenvalue weighted by molar-refractivity contribution is -0.139. The molecule has 3 amide bonds. The third-order valence-corrected chi connectivity index (χ3v) is 6.51. The smallest absolute Gasteiger partial charge is 0.271 e. The number of rotatable bonds is 4. The van der Waals surface area contributed by atoms with Gasteiger partial charge in [-0.25, -0.2) is 0 Å². The van der Waals surface area contributed by atoms with Crippen molar-refractivity contribution in [1.82, 2.24) is 10.3 Å². The Kier molecular flexibility index (Phi) is 5.87. The van der Waals surface area contributed by atoms with Crippen LogP contribution < -0.4 is 15.0 Å². The first-order valence-corrected chi connectivity index (χ1v) is 11.2. The zero-order valence-electron chi connectivity index (χ0n) is 17.7. The van der Waals surface area contributed by atoms with Crippen molar-refractivity contribution in [3.8, 4) is 5.75 Å². The van der Waals surface area contributed by atoms with Crippen LogP contribution in [0.1, 0.15) is 31.9 Å². The number of hydrogen-bond donors (Lipinski definition) is 1. The van der Waals surface area contributed by atoms with Crippen molar-refractivity contribution in [3.63, 3.8) is 0 Å². The lowest BCUT2D eigenvalue weighted by Crippen LogP contribution is -2.48. The summed E-state index contributed by atoms with van der Waals surface area (Å²) >= 11 is 7.29. The van der Waals surface area contributed by atoms with Crippen LogP contribution in [0.2, 0.25) is 5.02 Å².